The molecule has 0 spiro atoms. The number of benzene rings is 1. The molecule has 0 atom stereocenters. The normalized spacial score (nSPS) is 15.9. The summed E-state index contributed by atoms with van der Waals surface area (Å²) in [6.07, 6.45) is 6.28. The van der Waals surface area contributed by atoms with Gasteiger partial charge in [-0.3, -0.25) is 0 Å². The van der Waals surface area contributed by atoms with Crippen LogP contribution in [0.3, 0.4) is 0 Å². The third kappa shape index (κ3) is 3.16. The summed E-state index contributed by atoms with van der Waals surface area (Å²) in [5, 5.41) is 0.848. The SMILES string of the molecule is Cn1cc(C2=CCN(S(=O)(=O)c3ccc(F)c(Cl)c3)CC2)c2cccnc21. The predicted molar refractivity (Wildman–Crippen MR) is 103 cm³/mol. The maximum Gasteiger partial charge on any atom is 0.243 e. The highest BCUT2D eigenvalue weighted by Gasteiger charge is 2.27. The number of rotatable bonds is 3. The van der Waals surface area contributed by atoms with Crippen molar-refractivity contribution in [2.24, 2.45) is 7.05 Å². The van der Waals surface area contributed by atoms with Gasteiger partial charge in [-0.15, -0.1) is 0 Å². The molecule has 2 aromatic heterocycles. The van der Waals surface area contributed by atoms with Crippen molar-refractivity contribution in [1.29, 1.82) is 0 Å². The fourth-order valence-electron chi connectivity index (χ4n) is 3.37. The van der Waals surface area contributed by atoms with Crippen LogP contribution in [-0.4, -0.2) is 35.4 Å². The van der Waals surface area contributed by atoms with Crippen molar-refractivity contribution in [3.63, 3.8) is 0 Å². The molecule has 1 aliphatic rings. The summed E-state index contributed by atoms with van der Waals surface area (Å²) in [6, 6.07) is 7.38. The Bertz CT molecular complexity index is 1170. The lowest BCUT2D eigenvalue weighted by atomic mass is 10.0. The summed E-state index contributed by atoms with van der Waals surface area (Å²) < 4.78 is 42.3. The molecule has 8 heteroatoms. The Morgan fingerprint density at radius 2 is 2.07 bits per heavy atom. The van der Waals surface area contributed by atoms with Crippen LogP contribution in [-0.2, 0) is 17.1 Å². The molecule has 1 aromatic carbocycles. The van der Waals surface area contributed by atoms with Crippen LogP contribution in [0.25, 0.3) is 16.6 Å². The molecule has 5 nitrogen and oxygen atoms in total. The Balaban J connectivity index is 1.63. The van der Waals surface area contributed by atoms with Gasteiger partial charge in [-0.2, -0.15) is 4.31 Å². The Hall–Kier alpha value is -2.22. The number of hydrogen-bond donors (Lipinski definition) is 0. The third-order valence-electron chi connectivity index (χ3n) is 4.78. The molecule has 0 aliphatic carbocycles. The summed E-state index contributed by atoms with van der Waals surface area (Å²) in [5.74, 6) is -0.638. The van der Waals surface area contributed by atoms with Crippen LogP contribution in [0.15, 0.2) is 53.7 Å². The maximum absolute atomic E-state index is 13.3. The van der Waals surface area contributed by atoms with Gasteiger partial charge in [0.25, 0.3) is 0 Å². The molecule has 0 unspecified atom stereocenters. The predicted octanol–water partition coefficient (Wildman–Crippen LogP) is 3.84. The number of nitrogens with zero attached hydrogens (tertiary/aromatic N) is 3. The Labute approximate surface area is 161 Å². The summed E-state index contributed by atoms with van der Waals surface area (Å²) in [5.41, 5.74) is 3.06. The van der Waals surface area contributed by atoms with Gasteiger partial charge in [0, 0.05) is 43.5 Å². The van der Waals surface area contributed by atoms with E-state index < -0.39 is 15.8 Å². The van der Waals surface area contributed by atoms with E-state index in [9.17, 15) is 12.8 Å². The lowest BCUT2D eigenvalue weighted by Crippen LogP contribution is -2.34. The second kappa shape index (κ2) is 6.74. The maximum atomic E-state index is 13.3. The highest BCUT2D eigenvalue weighted by molar-refractivity contribution is 7.89. The summed E-state index contributed by atoms with van der Waals surface area (Å²) in [6.45, 7) is 0.600. The first kappa shape index (κ1) is 18.2. The summed E-state index contributed by atoms with van der Waals surface area (Å²) in [7, 11) is -1.78. The van der Waals surface area contributed by atoms with Crippen LogP contribution in [0.1, 0.15) is 12.0 Å². The second-order valence-corrected chi connectivity index (χ2v) is 8.79. The van der Waals surface area contributed by atoms with Crippen molar-refractivity contribution in [3.8, 4) is 0 Å². The van der Waals surface area contributed by atoms with Gasteiger partial charge in [0.05, 0.1) is 9.92 Å². The van der Waals surface area contributed by atoms with E-state index >= 15 is 0 Å². The molecule has 0 saturated carbocycles. The van der Waals surface area contributed by atoms with E-state index in [2.05, 4.69) is 4.98 Å². The average molecular weight is 406 g/mol. The van der Waals surface area contributed by atoms with E-state index in [-0.39, 0.29) is 16.5 Å². The molecule has 1 aliphatic heterocycles. The molecule has 27 heavy (non-hydrogen) atoms. The number of sulfonamides is 1. The molecular formula is C19H17ClFN3O2S. The van der Waals surface area contributed by atoms with E-state index in [1.54, 1.807) is 6.20 Å². The van der Waals surface area contributed by atoms with Crippen molar-refractivity contribution in [1.82, 2.24) is 13.9 Å². The van der Waals surface area contributed by atoms with Crippen LogP contribution in [0.5, 0.6) is 0 Å². The molecule has 4 rings (SSSR count). The van der Waals surface area contributed by atoms with Gasteiger partial charge < -0.3 is 4.57 Å². The first-order valence-corrected chi connectivity index (χ1v) is 10.2. The minimum Gasteiger partial charge on any atom is -0.335 e. The van der Waals surface area contributed by atoms with Crippen molar-refractivity contribution in [2.45, 2.75) is 11.3 Å². The fourth-order valence-corrected chi connectivity index (χ4v) is 5.02. The van der Waals surface area contributed by atoms with E-state index in [4.69, 9.17) is 11.6 Å². The smallest absolute Gasteiger partial charge is 0.243 e. The van der Waals surface area contributed by atoms with Gasteiger partial charge >= 0.3 is 0 Å². The van der Waals surface area contributed by atoms with Crippen LogP contribution < -0.4 is 0 Å². The number of fused-ring (bicyclic) bond motifs is 1. The Kier molecular flexibility index (Phi) is 4.53. The molecule has 0 amide bonds. The summed E-state index contributed by atoms with van der Waals surface area (Å²) in [4.78, 5) is 4.39. The minimum absolute atomic E-state index is 0.000103. The standard InChI is InChI=1S/C19H17ClFN3O2S/c1-23-12-16(15-3-2-8-22-19(15)23)13-6-9-24(10-7-13)27(25,26)14-4-5-18(21)17(20)11-14/h2-6,8,11-12H,7,9-10H2,1H3. The van der Waals surface area contributed by atoms with Gasteiger partial charge in [-0.1, -0.05) is 17.7 Å². The van der Waals surface area contributed by atoms with Crippen molar-refractivity contribution in [3.05, 3.63) is 65.2 Å². The van der Waals surface area contributed by atoms with Gasteiger partial charge in [0.1, 0.15) is 11.5 Å². The van der Waals surface area contributed by atoms with E-state index in [0.29, 0.717) is 13.0 Å². The fraction of sp³-hybridized carbons (Fsp3) is 0.211. The lowest BCUT2D eigenvalue weighted by Gasteiger charge is -2.26. The molecule has 3 heterocycles. The molecule has 0 saturated heterocycles. The Morgan fingerprint density at radius 3 is 2.78 bits per heavy atom. The van der Waals surface area contributed by atoms with Crippen molar-refractivity contribution in [2.75, 3.05) is 13.1 Å². The number of hydrogen-bond acceptors (Lipinski definition) is 3. The topological polar surface area (TPSA) is 55.2 Å². The number of halogens is 2. The van der Waals surface area contributed by atoms with Gasteiger partial charge in [-0.25, -0.2) is 17.8 Å². The van der Waals surface area contributed by atoms with Crippen LogP contribution in [0, 0.1) is 5.82 Å². The average Bonchev–Trinajstić information content (AvgIpc) is 3.01. The highest BCUT2D eigenvalue weighted by atomic mass is 35.5. The zero-order chi connectivity index (χ0) is 19.2. The van der Waals surface area contributed by atoms with E-state index in [1.807, 2.05) is 36.0 Å². The summed E-state index contributed by atoms with van der Waals surface area (Å²) >= 11 is 5.74. The molecule has 0 fully saturated rings. The highest BCUT2D eigenvalue weighted by Crippen LogP contribution is 2.31. The first-order valence-electron chi connectivity index (χ1n) is 8.42. The van der Waals surface area contributed by atoms with Gasteiger partial charge in [-0.05, 0) is 42.3 Å². The third-order valence-corrected chi connectivity index (χ3v) is 6.93. The molecule has 3 aromatic rings. The zero-order valence-electron chi connectivity index (χ0n) is 14.6. The van der Waals surface area contributed by atoms with Crippen molar-refractivity contribution < 1.29 is 12.8 Å². The quantitative estimate of drug-likeness (QED) is 0.665. The monoisotopic (exact) mass is 405 g/mol. The second-order valence-electron chi connectivity index (χ2n) is 6.45. The van der Waals surface area contributed by atoms with Crippen LogP contribution in [0.2, 0.25) is 5.02 Å². The number of pyridine rings is 1. The molecule has 0 radical (unpaired) electrons. The van der Waals surface area contributed by atoms with Crippen LogP contribution >= 0.6 is 11.6 Å². The first-order chi connectivity index (χ1) is 12.9. The molecule has 0 N–H and O–H groups in total. The largest absolute Gasteiger partial charge is 0.335 e. The number of aryl methyl sites for hydroxylation is 1. The number of aromatic nitrogens is 2. The molecular weight excluding hydrogens is 389 g/mol. The zero-order valence-corrected chi connectivity index (χ0v) is 16.1. The Morgan fingerprint density at radius 1 is 1.26 bits per heavy atom. The lowest BCUT2D eigenvalue weighted by molar-refractivity contribution is 0.441. The van der Waals surface area contributed by atoms with E-state index in [0.717, 1.165) is 34.3 Å². The van der Waals surface area contributed by atoms with Gasteiger partial charge in [0.2, 0.25) is 10.0 Å². The molecule has 0 bridgehead atoms. The van der Waals surface area contributed by atoms with Gasteiger partial charge in [0.15, 0.2) is 0 Å². The molecule has 140 valence electrons. The van der Waals surface area contributed by atoms with Crippen LogP contribution in [0.4, 0.5) is 4.39 Å². The van der Waals surface area contributed by atoms with Crippen molar-refractivity contribution >= 4 is 38.2 Å². The van der Waals surface area contributed by atoms with E-state index in [1.165, 1.54) is 10.4 Å². The minimum atomic E-state index is -3.72.